The number of rotatable bonds is 7. The van der Waals surface area contributed by atoms with Crippen LogP contribution in [-0.2, 0) is 17.9 Å². The molecule has 1 amide bonds. The summed E-state index contributed by atoms with van der Waals surface area (Å²) >= 11 is 0. The Kier molecular flexibility index (Phi) is 5.34. The molecule has 4 aliphatic carbocycles. The lowest BCUT2D eigenvalue weighted by Gasteiger charge is -2.56. The van der Waals surface area contributed by atoms with Crippen molar-refractivity contribution in [2.45, 2.75) is 84.7 Å². The van der Waals surface area contributed by atoms with Gasteiger partial charge in [-0.2, -0.15) is 0 Å². The minimum atomic E-state index is -0.486. The Balaban J connectivity index is 1.59. The third-order valence-corrected chi connectivity index (χ3v) is 7.33. The number of nitrogens with one attached hydrogen (secondary N) is 1. The summed E-state index contributed by atoms with van der Waals surface area (Å²) in [5.41, 5.74) is 5.46. The second-order valence-electron chi connectivity index (χ2n) is 9.79. The zero-order chi connectivity index (χ0) is 20.8. The van der Waals surface area contributed by atoms with E-state index >= 15 is 0 Å². The molecule has 160 valence electrons. The van der Waals surface area contributed by atoms with Crippen LogP contribution in [0, 0.1) is 23.2 Å². The van der Waals surface area contributed by atoms with Crippen molar-refractivity contribution in [2.24, 2.45) is 23.2 Å². The molecule has 0 atom stereocenters. The fourth-order valence-corrected chi connectivity index (χ4v) is 6.72. The van der Waals surface area contributed by atoms with Crippen molar-refractivity contribution in [2.75, 3.05) is 11.1 Å². The average molecular weight is 403 g/mol. The van der Waals surface area contributed by atoms with E-state index in [4.69, 9.17) is 5.73 Å². The van der Waals surface area contributed by atoms with Gasteiger partial charge in [-0.1, -0.05) is 13.8 Å². The lowest BCUT2D eigenvalue weighted by molar-refractivity contribution is -0.124. The minimum absolute atomic E-state index is 0.0706. The van der Waals surface area contributed by atoms with Crippen molar-refractivity contribution < 1.29 is 4.79 Å². The Morgan fingerprint density at radius 1 is 1.00 bits per heavy atom. The van der Waals surface area contributed by atoms with Gasteiger partial charge < -0.3 is 11.1 Å². The summed E-state index contributed by atoms with van der Waals surface area (Å²) in [6, 6.07) is 0. The molecule has 7 heteroatoms. The van der Waals surface area contributed by atoms with E-state index in [-0.39, 0.29) is 22.8 Å². The van der Waals surface area contributed by atoms with Gasteiger partial charge in [0.15, 0.2) is 0 Å². The van der Waals surface area contributed by atoms with E-state index < -0.39 is 11.2 Å². The maximum atomic E-state index is 13.0. The maximum Gasteiger partial charge on any atom is 0.332 e. The van der Waals surface area contributed by atoms with E-state index in [1.54, 1.807) is 0 Å². The predicted molar refractivity (Wildman–Crippen MR) is 114 cm³/mol. The van der Waals surface area contributed by atoms with E-state index in [9.17, 15) is 14.4 Å². The smallest absolute Gasteiger partial charge is 0.332 e. The second kappa shape index (κ2) is 7.65. The first-order valence-electron chi connectivity index (χ1n) is 11.3. The minimum Gasteiger partial charge on any atom is -0.383 e. The molecule has 29 heavy (non-hydrogen) atoms. The van der Waals surface area contributed by atoms with Gasteiger partial charge in [-0.25, -0.2) is 4.79 Å². The highest BCUT2D eigenvalue weighted by Gasteiger charge is 2.51. The first-order valence-corrected chi connectivity index (χ1v) is 11.3. The highest BCUT2D eigenvalue weighted by atomic mass is 16.2. The molecular weight excluding hydrogens is 368 g/mol. The van der Waals surface area contributed by atoms with Crippen LogP contribution in [0.5, 0.6) is 0 Å². The molecule has 0 spiro atoms. The Morgan fingerprint density at radius 2 is 1.52 bits per heavy atom. The lowest BCUT2D eigenvalue weighted by atomic mass is 9.49. The summed E-state index contributed by atoms with van der Waals surface area (Å²) in [4.78, 5) is 38.6. The van der Waals surface area contributed by atoms with E-state index in [0.29, 0.717) is 25.9 Å². The largest absolute Gasteiger partial charge is 0.383 e. The predicted octanol–water partition coefficient (Wildman–Crippen LogP) is 2.96. The monoisotopic (exact) mass is 402 g/mol. The molecule has 0 radical (unpaired) electrons. The van der Waals surface area contributed by atoms with Gasteiger partial charge in [0.05, 0.1) is 0 Å². The molecule has 4 aliphatic rings. The normalized spacial score (nSPS) is 29.9. The third-order valence-electron chi connectivity index (χ3n) is 7.33. The number of nitrogens with zero attached hydrogens (tertiary/aromatic N) is 2. The van der Waals surface area contributed by atoms with Crippen LogP contribution in [0.4, 0.5) is 11.5 Å². The summed E-state index contributed by atoms with van der Waals surface area (Å²) in [6.45, 7) is 4.61. The molecule has 7 nitrogen and oxygen atoms in total. The Labute approximate surface area is 171 Å². The standard InChI is InChI=1S/C22H34N4O3/c1-3-5-25-19(23)18(20(28)26(6-4-2)21(25)29)24-17(27)13-22-10-14-7-15(11-22)9-16(8-14)12-22/h14-16H,3-13,23H2,1-2H3,(H,24,27). The summed E-state index contributed by atoms with van der Waals surface area (Å²) in [5, 5.41) is 2.82. The zero-order valence-corrected chi connectivity index (χ0v) is 17.7. The zero-order valence-electron chi connectivity index (χ0n) is 17.7. The number of nitrogen functional groups attached to an aromatic ring is 1. The number of aromatic nitrogens is 2. The number of anilines is 2. The molecule has 1 heterocycles. The van der Waals surface area contributed by atoms with Crippen LogP contribution in [0.25, 0.3) is 0 Å². The molecule has 1 aromatic heterocycles. The number of hydrogen-bond donors (Lipinski definition) is 2. The van der Waals surface area contributed by atoms with Gasteiger partial charge in [-0.15, -0.1) is 0 Å². The van der Waals surface area contributed by atoms with Crippen LogP contribution in [0.2, 0.25) is 0 Å². The summed E-state index contributed by atoms with van der Waals surface area (Å²) < 4.78 is 2.61. The average Bonchev–Trinajstić information content (AvgIpc) is 2.64. The number of hydrogen-bond acceptors (Lipinski definition) is 4. The first-order chi connectivity index (χ1) is 13.9. The van der Waals surface area contributed by atoms with Crippen LogP contribution < -0.4 is 22.3 Å². The van der Waals surface area contributed by atoms with Crippen molar-refractivity contribution in [1.82, 2.24) is 9.13 Å². The van der Waals surface area contributed by atoms with Gasteiger partial charge >= 0.3 is 5.69 Å². The van der Waals surface area contributed by atoms with Crippen LogP contribution in [0.3, 0.4) is 0 Å². The molecule has 4 saturated carbocycles. The van der Waals surface area contributed by atoms with E-state index in [2.05, 4.69) is 5.32 Å². The van der Waals surface area contributed by atoms with Crippen LogP contribution >= 0.6 is 0 Å². The fraction of sp³-hybridized carbons (Fsp3) is 0.773. The maximum absolute atomic E-state index is 13.0. The van der Waals surface area contributed by atoms with E-state index in [1.165, 1.54) is 28.4 Å². The highest BCUT2D eigenvalue weighted by Crippen LogP contribution is 2.61. The molecule has 4 fully saturated rings. The van der Waals surface area contributed by atoms with Crippen molar-refractivity contribution in [1.29, 1.82) is 0 Å². The van der Waals surface area contributed by atoms with Gasteiger partial charge in [0, 0.05) is 19.5 Å². The van der Waals surface area contributed by atoms with E-state index in [1.807, 2.05) is 13.8 Å². The Bertz CT molecular complexity index is 879. The van der Waals surface area contributed by atoms with Crippen molar-refractivity contribution >= 4 is 17.4 Å². The van der Waals surface area contributed by atoms with Gasteiger partial charge in [-0.3, -0.25) is 18.7 Å². The van der Waals surface area contributed by atoms with Crippen LogP contribution in [0.1, 0.15) is 71.6 Å². The van der Waals surface area contributed by atoms with Crippen molar-refractivity contribution in [3.05, 3.63) is 20.8 Å². The number of carbonyl (C=O) groups is 1. The van der Waals surface area contributed by atoms with Gasteiger partial charge in [0.1, 0.15) is 11.5 Å². The molecule has 0 aliphatic heterocycles. The number of nitrogens with two attached hydrogens (primary N) is 1. The van der Waals surface area contributed by atoms with E-state index in [0.717, 1.165) is 43.4 Å². The van der Waals surface area contributed by atoms with Gasteiger partial charge in [0.2, 0.25) is 5.91 Å². The SMILES string of the molecule is CCCn1c(N)c(NC(=O)CC23CC4CC(CC(C4)C2)C3)c(=O)n(CCC)c1=O. The van der Waals surface area contributed by atoms with Gasteiger partial charge in [-0.05, 0) is 74.5 Å². The van der Waals surface area contributed by atoms with Gasteiger partial charge in [0.25, 0.3) is 5.56 Å². The molecule has 5 rings (SSSR count). The molecule has 1 aromatic rings. The molecule has 0 unspecified atom stereocenters. The quantitative estimate of drug-likeness (QED) is 0.732. The number of carbonyl (C=O) groups excluding carboxylic acids is 1. The summed E-state index contributed by atoms with van der Waals surface area (Å²) in [7, 11) is 0. The van der Waals surface area contributed by atoms with Crippen LogP contribution in [0.15, 0.2) is 9.59 Å². The first kappa shape index (κ1) is 20.2. The number of amides is 1. The third kappa shape index (κ3) is 3.64. The summed E-state index contributed by atoms with van der Waals surface area (Å²) in [5.74, 6) is 2.25. The molecule has 4 bridgehead atoms. The van der Waals surface area contributed by atoms with Crippen molar-refractivity contribution in [3.63, 3.8) is 0 Å². The Morgan fingerprint density at radius 3 is 2.03 bits per heavy atom. The molecular formula is C22H34N4O3. The molecule has 3 N–H and O–H groups in total. The fourth-order valence-electron chi connectivity index (χ4n) is 6.72. The van der Waals surface area contributed by atoms with Crippen LogP contribution in [-0.4, -0.2) is 15.0 Å². The molecule has 0 aromatic carbocycles. The highest BCUT2D eigenvalue weighted by molar-refractivity contribution is 5.93. The second-order valence-corrected chi connectivity index (χ2v) is 9.79. The van der Waals surface area contributed by atoms with Crippen molar-refractivity contribution in [3.8, 4) is 0 Å². The summed E-state index contributed by atoms with van der Waals surface area (Å²) in [6.07, 6.45) is 9.23. The molecule has 0 saturated heterocycles. The topological polar surface area (TPSA) is 99.1 Å². The lowest BCUT2D eigenvalue weighted by Crippen LogP contribution is -2.48. The Hall–Kier alpha value is -2.05.